The standard InChI is InChI=1S/C16H22BN/c1-13(2)18(14(3)4)17(15-9-5-6-10-15)16-11-7-8-12-16/h5-14H,1-4H3. The average molecular weight is 239 g/mol. The van der Waals surface area contributed by atoms with Crippen LogP contribution in [0.25, 0.3) is 0 Å². The predicted octanol–water partition coefficient (Wildman–Crippen LogP) is 2.99. The Bertz CT molecular complexity index is 215. The van der Waals surface area contributed by atoms with Crippen LogP contribution in [0.3, 0.4) is 0 Å². The summed E-state index contributed by atoms with van der Waals surface area (Å²) < 4.78 is 0. The number of nitrogens with zero attached hydrogens (tertiary/aromatic N) is 1. The Kier molecular flexibility index (Phi) is 5.18. The first-order valence-corrected chi connectivity index (χ1v) is 6.82. The van der Waals surface area contributed by atoms with E-state index in [1.54, 1.807) is 0 Å². The minimum atomic E-state index is 0.370. The van der Waals surface area contributed by atoms with Crippen LogP contribution < -0.4 is 0 Å². The van der Waals surface area contributed by atoms with Crippen molar-refractivity contribution in [2.45, 2.75) is 39.8 Å². The van der Waals surface area contributed by atoms with Crippen LogP contribution in [0.4, 0.5) is 0 Å². The summed E-state index contributed by atoms with van der Waals surface area (Å²) in [6.07, 6.45) is 17.4. The van der Waals surface area contributed by atoms with E-state index >= 15 is 0 Å². The SMILES string of the molecule is CC(C)N(B([C]1[CH][CH][CH][CH]1)[C]1[CH][CH][CH][CH]1)C(C)C. The van der Waals surface area contributed by atoms with Crippen molar-refractivity contribution in [3.63, 3.8) is 0 Å². The zero-order valence-corrected chi connectivity index (χ0v) is 11.8. The molecule has 2 aliphatic rings. The van der Waals surface area contributed by atoms with Crippen molar-refractivity contribution in [3.05, 3.63) is 63.0 Å². The zero-order valence-electron chi connectivity index (χ0n) is 11.8. The Morgan fingerprint density at radius 2 is 1.06 bits per heavy atom. The molecule has 1 nitrogen and oxygen atoms in total. The van der Waals surface area contributed by atoms with E-state index in [-0.39, 0.29) is 0 Å². The lowest BCUT2D eigenvalue weighted by molar-refractivity contribution is 0.304. The third kappa shape index (κ3) is 3.12. The van der Waals surface area contributed by atoms with Crippen LogP contribution in [-0.2, 0) is 0 Å². The molecule has 0 spiro atoms. The predicted molar refractivity (Wildman–Crippen MR) is 78.8 cm³/mol. The molecular weight excluding hydrogens is 217 g/mol. The van der Waals surface area contributed by atoms with Gasteiger partial charge in [-0.05, 0) is 75.1 Å². The minimum Gasteiger partial charge on any atom is -0.337 e. The fraction of sp³-hybridized carbons (Fsp3) is 0.375. The van der Waals surface area contributed by atoms with Gasteiger partial charge in [0.2, 0.25) is 6.85 Å². The van der Waals surface area contributed by atoms with E-state index in [0.717, 1.165) is 0 Å². The first kappa shape index (κ1) is 14.4. The van der Waals surface area contributed by atoms with Gasteiger partial charge >= 0.3 is 0 Å². The summed E-state index contributed by atoms with van der Waals surface area (Å²) in [5.74, 6) is 2.78. The highest BCUT2D eigenvalue weighted by Crippen LogP contribution is 2.38. The van der Waals surface area contributed by atoms with E-state index in [1.165, 1.54) is 11.6 Å². The van der Waals surface area contributed by atoms with Gasteiger partial charge in [0.1, 0.15) is 0 Å². The Morgan fingerprint density at radius 1 is 0.722 bits per heavy atom. The maximum atomic E-state index is 2.57. The summed E-state index contributed by atoms with van der Waals surface area (Å²) in [6, 6.07) is 1.06. The number of rotatable bonds is 5. The van der Waals surface area contributed by atoms with Gasteiger partial charge in [0.25, 0.3) is 0 Å². The summed E-state index contributed by atoms with van der Waals surface area (Å²) in [5.41, 5.74) is 0. The van der Waals surface area contributed by atoms with Gasteiger partial charge in [-0.2, -0.15) is 0 Å². The number of hydrogen-bond acceptors (Lipinski definition) is 1. The molecule has 0 atom stereocenters. The van der Waals surface area contributed by atoms with Crippen LogP contribution in [-0.4, -0.2) is 23.7 Å². The van der Waals surface area contributed by atoms with Crippen molar-refractivity contribution in [1.82, 2.24) is 4.81 Å². The van der Waals surface area contributed by atoms with Gasteiger partial charge in [0, 0.05) is 0 Å². The molecule has 2 fully saturated rings. The van der Waals surface area contributed by atoms with Gasteiger partial charge in [0.05, 0.1) is 0 Å². The summed E-state index contributed by atoms with van der Waals surface area (Å²) in [7, 11) is 0. The maximum absolute atomic E-state index is 2.57. The van der Waals surface area contributed by atoms with Crippen LogP contribution in [0.1, 0.15) is 27.7 Å². The van der Waals surface area contributed by atoms with Gasteiger partial charge in [-0.3, -0.25) is 0 Å². The molecule has 2 saturated carbocycles. The third-order valence-electron chi connectivity index (χ3n) is 3.50. The normalized spacial score (nSPS) is 22.8. The van der Waals surface area contributed by atoms with E-state index in [4.69, 9.17) is 0 Å². The van der Waals surface area contributed by atoms with E-state index in [0.29, 0.717) is 18.9 Å². The highest BCUT2D eigenvalue weighted by Gasteiger charge is 2.43. The fourth-order valence-corrected chi connectivity index (χ4v) is 2.87. The highest BCUT2D eigenvalue weighted by atomic mass is 15.1. The highest BCUT2D eigenvalue weighted by molar-refractivity contribution is 6.70. The molecule has 18 heavy (non-hydrogen) atoms. The van der Waals surface area contributed by atoms with Gasteiger partial charge < -0.3 is 4.81 Å². The maximum Gasteiger partial charge on any atom is 0.237 e. The van der Waals surface area contributed by atoms with Crippen LogP contribution in [0.5, 0.6) is 0 Å². The molecule has 0 saturated heterocycles. The Labute approximate surface area is 115 Å². The van der Waals surface area contributed by atoms with Gasteiger partial charge in [-0.25, -0.2) is 0 Å². The molecule has 10 radical (unpaired) electrons. The average Bonchev–Trinajstić information content (AvgIpc) is 2.98. The quantitative estimate of drug-likeness (QED) is 0.666. The van der Waals surface area contributed by atoms with Gasteiger partial charge in [-0.15, -0.1) is 0 Å². The molecule has 0 heterocycles. The van der Waals surface area contributed by atoms with Crippen molar-refractivity contribution in [2.24, 2.45) is 0 Å². The van der Waals surface area contributed by atoms with E-state index < -0.39 is 0 Å². The minimum absolute atomic E-state index is 0.370. The van der Waals surface area contributed by atoms with Crippen molar-refractivity contribution in [1.29, 1.82) is 0 Å². The van der Waals surface area contributed by atoms with Crippen LogP contribution in [0, 0.1) is 63.0 Å². The van der Waals surface area contributed by atoms with Crippen LogP contribution in [0.2, 0.25) is 0 Å². The molecule has 0 aromatic carbocycles. The molecule has 0 aromatic heterocycles. The molecule has 2 rings (SSSR count). The van der Waals surface area contributed by atoms with E-state index in [9.17, 15) is 0 Å². The first-order valence-electron chi connectivity index (χ1n) is 6.82. The van der Waals surface area contributed by atoms with Crippen molar-refractivity contribution in [3.8, 4) is 0 Å². The van der Waals surface area contributed by atoms with E-state index in [2.05, 4.69) is 83.9 Å². The second-order valence-corrected chi connectivity index (χ2v) is 5.47. The topological polar surface area (TPSA) is 3.24 Å². The van der Waals surface area contributed by atoms with Crippen LogP contribution in [0.15, 0.2) is 0 Å². The lowest BCUT2D eigenvalue weighted by Gasteiger charge is -2.41. The molecule has 0 unspecified atom stereocenters. The summed E-state index contributed by atoms with van der Waals surface area (Å²) >= 11 is 0. The Morgan fingerprint density at radius 3 is 1.33 bits per heavy atom. The van der Waals surface area contributed by atoms with Gasteiger partial charge in [0.15, 0.2) is 0 Å². The lowest BCUT2D eigenvalue weighted by atomic mass is 9.40. The summed E-state index contributed by atoms with van der Waals surface area (Å²) in [6.45, 7) is 9.48. The fourth-order valence-electron chi connectivity index (χ4n) is 2.87. The van der Waals surface area contributed by atoms with Crippen molar-refractivity contribution in [2.75, 3.05) is 0 Å². The molecule has 0 amide bonds. The molecule has 2 aliphatic carbocycles. The van der Waals surface area contributed by atoms with Gasteiger partial charge in [-0.1, -0.05) is 27.7 Å². The summed E-state index contributed by atoms with van der Waals surface area (Å²) in [4.78, 5) is 2.57. The monoisotopic (exact) mass is 239 g/mol. The van der Waals surface area contributed by atoms with E-state index in [1.807, 2.05) is 0 Å². The molecular formula is C16H22BN. The zero-order chi connectivity index (χ0) is 13.1. The smallest absolute Gasteiger partial charge is 0.237 e. The third-order valence-corrected chi connectivity index (χ3v) is 3.50. The molecule has 94 valence electrons. The van der Waals surface area contributed by atoms with Crippen molar-refractivity contribution < 1.29 is 0 Å². The molecule has 0 aromatic rings. The molecule has 0 aliphatic heterocycles. The van der Waals surface area contributed by atoms with Crippen molar-refractivity contribution >= 4 is 6.85 Å². The Balaban J connectivity index is 2.15. The Hall–Kier alpha value is 0.0249. The molecule has 2 heteroatoms. The second kappa shape index (κ2) is 6.46. The van der Waals surface area contributed by atoms with Crippen LogP contribution >= 0.6 is 0 Å². The molecule has 0 N–H and O–H groups in total. The second-order valence-electron chi connectivity index (χ2n) is 5.47. The molecule has 0 bridgehead atoms. The largest absolute Gasteiger partial charge is 0.337 e. The lowest BCUT2D eigenvalue weighted by Crippen LogP contribution is -2.54. The number of hydrogen-bond donors (Lipinski definition) is 0. The summed E-state index contributed by atoms with van der Waals surface area (Å²) in [5, 5.41) is 0. The first-order chi connectivity index (χ1) is 8.61.